The second kappa shape index (κ2) is 6.42. The molecule has 6 heteroatoms. The maximum Gasteiger partial charge on any atom is 0.268 e. The monoisotopic (exact) mass is 255 g/mol. The molecule has 0 spiro atoms. The number of ether oxygens (including phenoxy) is 1. The smallest absolute Gasteiger partial charge is 0.268 e. The summed E-state index contributed by atoms with van der Waals surface area (Å²) in [5.74, 6) is -0.267. The number of aliphatic hydroxyl groups excluding tert-OH is 1. The van der Waals surface area contributed by atoms with Crippen LogP contribution in [-0.2, 0) is 4.74 Å². The minimum absolute atomic E-state index is 0.137. The second-order valence-electron chi connectivity index (χ2n) is 4.47. The lowest BCUT2D eigenvalue weighted by Crippen LogP contribution is -2.41. The summed E-state index contributed by atoms with van der Waals surface area (Å²) in [5, 5.41) is 11.8. The average molecular weight is 255 g/mol. The van der Waals surface area contributed by atoms with Crippen molar-refractivity contribution in [3.63, 3.8) is 0 Å². The largest absolute Gasteiger partial charge is 0.397 e. The zero-order valence-electron chi connectivity index (χ0n) is 11.0. The number of aromatic nitrogens is 1. The van der Waals surface area contributed by atoms with Gasteiger partial charge in [-0.15, -0.1) is 0 Å². The maximum atomic E-state index is 12.1. The molecule has 1 aromatic rings. The van der Waals surface area contributed by atoms with Crippen LogP contribution in [0.2, 0.25) is 0 Å². The minimum Gasteiger partial charge on any atom is -0.397 e. The van der Waals surface area contributed by atoms with Gasteiger partial charge in [0.1, 0.15) is 5.69 Å². The third kappa shape index (κ3) is 3.48. The fourth-order valence-corrected chi connectivity index (χ4v) is 1.71. The van der Waals surface area contributed by atoms with Crippen molar-refractivity contribution in [3.8, 4) is 0 Å². The third-order valence-electron chi connectivity index (χ3n) is 2.58. The van der Waals surface area contributed by atoms with Gasteiger partial charge in [-0.25, -0.2) is 0 Å². The van der Waals surface area contributed by atoms with Crippen molar-refractivity contribution >= 4 is 11.6 Å². The van der Waals surface area contributed by atoms with Crippen LogP contribution in [0.25, 0.3) is 0 Å². The number of carbonyl (C=O) groups excluding carboxylic acids is 1. The molecule has 0 aromatic carbocycles. The van der Waals surface area contributed by atoms with Gasteiger partial charge in [-0.1, -0.05) is 0 Å². The van der Waals surface area contributed by atoms with Gasteiger partial charge in [0, 0.05) is 19.3 Å². The topological polar surface area (TPSA) is 89.5 Å². The van der Waals surface area contributed by atoms with Crippen molar-refractivity contribution in [2.24, 2.45) is 0 Å². The van der Waals surface area contributed by atoms with Gasteiger partial charge in [0.2, 0.25) is 0 Å². The van der Waals surface area contributed by atoms with E-state index in [2.05, 4.69) is 5.32 Å². The van der Waals surface area contributed by atoms with Crippen LogP contribution in [0.4, 0.5) is 5.69 Å². The summed E-state index contributed by atoms with van der Waals surface area (Å²) in [6.07, 6.45) is 1.73. The lowest BCUT2D eigenvalue weighted by atomic mass is 10.3. The molecule has 1 heterocycles. The van der Waals surface area contributed by atoms with Gasteiger partial charge in [0.05, 0.1) is 24.9 Å². The number of nitrogens with one attached hydrogen (secondary N) is 1. The van der Waals surface area contributed by atoms with Crippen molar-refractivity contribution < 1.29 is 14.6 Å². The van der Waals surface area contributed by atoms with Crippen LogP contribution in [0.15, 0.2) is 12.3 Å². The molecule has 0 radical (unpaired) electrons. The first-order chi connectivity index (χ1) is 8.49. The molecule has 6 nitrogen and oxygen atoms in total. The van der Waals surface area contributed by atoms with Crippen LogP contribution < -0.4 is 11.1 Å². The number of hydrogen-bond donors (Lipinski definition) is 3. The molecule has 18 heavy (non-hydrogen) atoms. The van der Waals surface area contributed by atoms with Gasteiger partial charge in [-0.3, -0.25) is 4.79 Å². The molecule has 0 bridgehead atoms. The van der Waals surface area contributed by atoms with Crippen molar-refractivity contribution in [1.29, 1.82) is 0 Å². The van der Waals surface area contributed by atoms with Crippen LogP contribution in [0.1, 0.15) is 30.4 Å². The van der Waals surface area contributed by atoms with E-state index < -0.39 is 6.04 Å². The van der Waals surface area contributed by atoms with Gasteiger partial charge >= 0.3 is 0 Å². The molecule has 1 unspecified atom stereocenters. The predicted octanol–water partition coefficient (Wildman–Crippen LogP) is 0.388. The van der Waals surface area contributed by atoms with Crippen LogP contribution in [0, 0.1) is 0 Å². The van der Waals surface area contributed by atoms with Crippen molar-refractivity contribution in [1.82, 2.24) is 9.88 Å². The molecular weight excluding hydrogens is 234 g/mol. The summed E-state index contributed by atoms with van der Waals surface area (Å²) in [6, 6.07) is 1.34. The standard InChI is InChI=1S/C12H21N3O3/c1-8(2)15-5-9(13)4-11(15)12(17)14-10(6-16)7-18-3/h4-5,8,10,16H,6-7,13H2,1-3H3,(H,14,17). The molecule has 0 aliphatic heterocycles. The molecule has 0 saturated carbocycles. The number of hydrogen-bond acceptors (Lipinski definition) is 4. The number of nitrogens with two attached hydrogens (primary N) is 1. The Balaban J connectivity index is 2.83. The van der Waals surface area contributed by atoms with E-state index in [0.29, 0.717) is 11.4 Å². The summed E-state index contributed by atoms with van der Waals surface area (Å²) in [7, 11) is 1.52. The molecule has 1 atom stereocenters. The number of nitrogen functional groups attached to an aromatic ring is 1. The normalized spacial score (nSPS) is 12.7. The Kier molecular flexibility index (Phi) is 5.18. The summed E-state index contributed by atoms with van der Waals surface area (Å²) in [4.78, 5) is 12.1. The zero-order chi connectivity index (χ0) is 13.7. The Bertz CT molecular complexity index is 401. The first kappa shape index (κ1) is 14.5. The Labute approximate surface area is 107 Å². The molecule has 1 amide bonds. The molecule has 102 valence electrons. The molecule has 1 rings (SSSR count). The lowest BCUT2D eigenvalue weighted by molar-refractivity contribution is 0.0830. The first-order valence-corrected chi connectivity index (χ1v) is 5.87. The van der Waals surface area contributed by atoms with E-state index in [4.69, 9.17) is 15.6 Å². The van der Waals surface area contributed by atoms with E-state index in [1.165, 1.54) is 7.11 Å². The fraction of sp³-hybridized carbons (Fsp3) is 0.583. The van der Waals surface area contributed by atoms with Gasteiger partial charge in [-0.2, -0.15) is 0 Å². The highest BCUT2D eigenvalue weighted by molar-refractivity contribution is 5.94. The van der Waals surface area contributed by atoms with Gasteiger partial charge in [0.15, 0.2) is 0 Å². The van der Waals surface area contributed by atoms with E-state index in [1.807, 2.05) is 13.8 Å². The summed E-state index contributed by atoms with van der Waals surface area (Å²) >= 11 is 0. The summed E-state index contributed by atoms with van der Waals surface area (Å²) < 4.78 is 6.71. The average Bonchev–Trinajstić information content (AvgIpc) is 2.71. The van der Waals surface area contributed by atoms with E-state index in [9.17, 15) is 4.79 Å². The molecule has 0 saturated heterocycles. The SMILES string of the molecule is COCC(CO)NC(=O)c1cc(N)cn1C(C)C. The summed E-state index contributed by atoms with van der Waals surface area (Å²) in [6.45, 7) is 4.03. The quantitative estimate of drug-likeness (QED) is 0.686. The Morgan fingerprint density at radius 1 is 1.61 bits per heavy atom. The molecule has 0 fully saturated rings. The van der Waals surface area contributed by atoms with Crippen molar-refractivity contribution in [3.05, 3.63) is 18.0 Å². The Morgan fingerprint density at radius 3 is 2.78 bits per heavy atom. The Morgan fingerprint density at radius 2 is 2.28 bits per heavy atom. The maximum absolute atomic E-state index is 12.1. The molecule has 0 aliphatic carbocycles. The number of nitrogens with zero attached hydrogens (tertiary/aromatic N) is 1. The highest BCUT2D eigenvalue weighted by atomic mass is 16.5. The zero-order valence-corrected chi connectivity index (χ0v) is 11.0. The Hall–Kier alpha value is -1.53. The minimum atomic E-state index is -0.417. The predicted molar refractivity (Wildman–Crippen MR) is 69.4 cm³/mol. The van der Waals surface area contributed by atoms with E-state index >= 15 is 0 Å². The van der Waals surface area contributed by atoms with Crippen LogP contribution in [0.3, 0.4) is 0 Å². The van der Waals surface area contributed by atoms with Crippen molar-refractivity contribution in [2.75, 3.05) is 26.1 Å². The number of rotatable bonds is 6. The van der Waals surface area contributed by atoms with Gasteiger partial charge in [-0.05, 0) is 19.9 Å². The number of aliphatic hydroxyl groups is 1. The second-order valence-corrected chi connectivity index (χ2v) is 4.47. The van der Waals surface area contributed by atoms with Crippen molar-refractivity contribution in [2.45, 2.75) is 25.9 Å². The van der Waals surface area contributed by atoms with Gasteiger partial charge < -0.3 is 25.5 Å². The van der Waals surface area contributed by atoms with Crippen LogP contribution in [0.5, 0.6) is 0 Å². The lowest BCUT2D eigenvalue weighted by Gasteiger charge is -2.17. The van der Waals surface area contributed by atoms with E-state index in [0.717, 1.165) is 0 Å². The highest BCUT2D eigenvalue weighted by Crippen LogP contribution is 2.16. The van der Waals surface area contributed by atoms with E-state index in [1.54, 1.807) is 16.8 Å². The van der Waals surface area contributed by atoms with E-state index in [-0.39, 0.29) is 25.2 Å². The van der Waals surface area contributed by atoms with Crippen LogP contribution in [-0.4, -0.2) is 41.9 Å². The first-order valence-electron chi connectivity index (χ1n) is 5.87. The molecule has 4 N–H and O–H groups in total. The molecular formula is C12H21N3O3. The fourth-order valence-electron chi connectivity index (χ4n) is 1.71. The number of methoxy groups -OCH3 is 1. The molecule has 1 aromatic heterocycles. The summed E-state index contributed by atoms with van der Waals surface area (Å²) in [5.41, 5.74) is 6.73. The van der Waals surface area contributed by atoms with Gasteiger partial charge in [0.25, 0.3) is 5.91 Å². The number of anilines is 1. The number of carbonyl (C=O) groups is 1. The third-order valence-corrected chi connectivity index (χ3v) is 2.58. The highest BCUT2D eigenvalue weighted by Gasteiger charge is 2.18. The molecule has 0 aliphatic rings. The van der Waals surface area contributed by atoms with Crippen LogP contribution >= 0.6 is 0 Å². The number of amides is 1.